The van der Waals surface area contributed by atoms with Crippen LogP contribution in [0.5, 0.6) is 5.75 Å². The van der Waals surface area contributed by atoms with E-state index in [0.717, 1.165) is 0 Å². The van der Waals surface area contributed by atoms with Gasteiger partial charge in [-0.25, -0.2) is 4.79 Å². The quantitative estimate of drug-likeness (QED) is 0.558. The number of piperazine rings is 1. The van der Waals surface area contributed by atoms with E-state index in [9.17, 15) is 20.2 Å². The molecule has 1 aromatic rings. The zero-order valence-corrected chi connectivity index (χ0v) is 14.9. The van der Waals surface area contributed by atoms with Crippen LogP contribution in [0.1, 0.15) is 26.3 Å². The van der Waals surface area contributed by atoms with Gasteiger partial charge in [0.2, 0.25) is 0 Å². The lowest BCUT2D eigenvalue weighted by Gasteiger charge is -2.40. The van der Waals surface area contributed by atoms with Gasteiger partial charge in [-0.3, -0.25) is 15.0 Å². The SMILES string of the molecule is CC(C)(C)OC(=O)N1CCN2C[C@@H]1COc1c2ccc([N+](=O)[O-])c1C#N. The van der Waals surface area contributed by atoms with Crippen molar-refractivity contribution in [3.05, 3.63) is 27.8 Å². The average molecular weight is 360 g/mol. The summed E-state index contributed by atoms with van der Waals surface area (Å²) in [5, 5.41) is 20.6. The highest BCUT2D eigenvalue weighted by Gasteiger charge is 2.38. The zero-order valence-electron chi connectivity index (χ0n) is 14.9. The molecule has 1 fully saturated rings. The summed E-state index contributed by atoms with van der Waals surface area (Å²) in [4.78, 5) is 26.6. The van der Waals surface area contributed by atoms with Gasteiger partial charge < -0.3 is 14.4 Å². The predicted molar refractivity (Wildman–Crippen MR) is 92.2 cm³/mol. The van der Waals surface area contributed by atoms with Crippen LogP contribution in [0.4, 0.5) is 16.2 Å². The van der Waals surface area contributed by atoms with E-state index in [2.05, 4.69) is 0 Å². The van der Waals surface area contributed by atoms with Crippen molar-refractivity contribution in [3.8, 4) is 11.8 Å². The largest absolute Gasteiger partial charge is 0.488 e. The lowest BCUT2D eigenvalue weighted by molar-refractivity contribution is -0.385. The Balaban J connectivity index is 1.90. The average Bonchev–Trinajstić information content (AvgIpc) is 2.69. The molecule has 2 heterocycles. The Kier molecular flexibility index (Phi) is 4.36. The number of nitro groups is 1. The number of nitriles is 1. The molecule has 0 aromatic heterocycles. The van der Waals surface area contributed by atoms with Crippen LogP contribution in [0.15, 0.2) is 12.1 Å². The number of fused-ring (bicyclic) bond motifs is 4. The number of rotatable bonds is 1. The molecular formula is C17H20N4O5. The number of nitro benzene ring substituents is 1. The van der Waals surface area contributed by atoms with Crippen LogP contribution in [0.2, 0.25) is 0 Å². The van der Waals surface area contributed by atoms with Gasteiger partial charge in [0.15, 0.2) is 11.3 Å². The van der Waals surface area contributed by atoms with E-state index in [0.29, 0.717) is 25.3 Å². The second-order valence-electron chi connectivity index (χ2n) is 7.26. The highest BCUT2D eigenvalue weighted by atomic mass is 16.6. The molecule has 1 amide bonds. The molecule has 1 aromatic carbocycles. The van der Waals surface area contributed by atoms with Crippen molar-refractivity contribution < 1.29 is 19.2 Å². The van der Waals surface area contributed by atoms with Gasteiger partial charge in [-0.2, -0.15) is 5.26 Å². The van der Waals surface area contributed by atoms with Gasteiger partial charge in [-0.1, -0.05) is 0 Å². The second kappa shape index (κ2) is 6.37. The third kappa shape index (κ3) is 3.22. The molecular weight excluding hydrogens is 340 g/mol. The van der Waals surface area contributed by atoms with Crippen molar-refractivity contribution in [2.24, 2.45) is 0 Å². The predicted octanol–water partition coefficient (Wildman–Crippen LogP) is 2.28. The van der Waals surface area contributed by atoms with Crippen molar-refractivity contribution >= 4 is 17.5 Å². The number of nitrogens with zero attached hydrogens (tertiary/aromatic N) is 4. The molecule has 0 unspecified atom stereocenters. The fourth-order valence-corrected chi connectivity index (χ4v) is 3.17. The van der Waals surface area contributed by atoms with E-state index in [-0.39, 0.29) is 29.6 Å². The third-order valence-corrected chi connectivity index (χ3v) is 4.29. The number of hydrogen-bond donors (Lipinski definition) is 0. The van der Waals surface area contributed by atoms with Crippen molar-refractivity contribution in [1.29, 1.82) is 5.26 Å². The number of hydrogen-bond acceptors (Lipinski definition) is 7. The fourth-order valence-electron chi connectivity index (χ4n) is 3.17. The van der Waals surface area contributed by atoms with Crippen LogP contribution < -0.4 is 9.64 Å². The summed E-state index contributed by atoms with van der Waals surface area (Å²) in [5.74, 6) is 0.204. The van der Waals surface area contributed by atoms with E-state index in [1.54, 1.807) is 31.7 Å². The molecule has 26 heavy (non-hydrogen) atoms. The molecule has 2 aliphatic heterocycles. The fraction of sp³-hybridized carbons (Fsp3) is 0.529. The van der Waals surface area contributed by atoms with E-state index in [4.69, 9.17) is 9.47 Å². The molecule has 0 aliphatic carbocycles. The maximum absolute atomic E-state index is 12.5. The molecule has 2 bridgehead atoms. The molecule has 3 rings (SSSR count). The van der Waals surface area contributed by atoms with Gasteiger partial charge in [0.25, 0.3) is 5.69 Å². The molecule has 1 saturated heterocycles. The first-order valence-electron chi connectivity index (χ1n) is 8.30. The molecule has 0 N–H and O–H groups in total. The molecule has 138 valence electrons. The zero-order chi connectivity index (χ0) is 19.1. The Morgan fingerprint density at radius 3 is 2.77 bits per heavy atom. The van der Waals surface area contributed by atoms with Crippen LogP contribution in [0.25, 0.3) is 0 Å². The van der Waals surface area contributed by atoms with Crippen LogP contribution in [0, 0.1) is 21.4 Å². The van der Waals surface area contributed by atoms with Crippen LogP contribution in [-0.4, -0.2) is 53.8 Å². The lowest BCUT2D eigenvalue weighted by Crippen LogP contribution is -2.57. The standard InChI is InChI=1S/C17H20N4O5/c1-17(2,3)26-16(22)20-7-6-19-9-11(20)10-25-15-12(8-18)13(21(23)24)4-5-14(15)19/h4-5,11H,6-7,9-10H2,1-3H3/t11-/m1/s1. The Labute approximate surface area is 150 Å². The van der Waals surface area contributed by atoms with Crippen molar-refractivity contribution in [1.82, 2.24) is 4.90 Å². The van der Waals surface area contributed by atoms with Gasteiger partial charge in [-0.05, 0) is 26.8 Å². The van der Waals surface area contributed by atoms with Crippen molar-refractivity contribution in [3.63, 3.8) is 0 Å². The number of anilines is 1. The summed E-state index contributed by atoms with van der Waals surface area (Å²) < 4.78 is 11.2. The van der Waals surface area contributed by atoms with Crippen LogP contribution in [-0.2, 0) is 4.74 Å². The minimum absolute atomic E-state index is 0.0936. The van der Waals surface area contributed by atoms with E-state index in [1.165, 1.54) is 6.07 Å². The maximum atomic E-state index is 12.5. The molecule has 0 radical (unpaired) electrons. The summed E-state index contributed by atoms with van der Waals surface area (Å²) >= 11 is 0. The van der Waals surface area contributed by atoms with Gasteiger partial charge in [-0.15, -0.1) is 0 Å². The molecule has 2 aliphatic rings. The first-order chi connectivity index (χ1) is 12.2. The highest BCUT2D eigenvalue weighted by Crippen LogP contribution is 2.40. The molecule has 0 spiro atoms. The van der Waals surface area contributed by atoms with Crippen molar-refractivity contribution in [2.75, 3.05) is 31.1 Å². The number of ether oxygens (including phenoxy) is 2. The summed E-state index contributed by atoms with van der Waals surface area (Å²) in [6, 6.07) is 4.53. The number of carbonyl (C=O) groups is 1. The Hall–Kier alpha value is -3.02. The third-order valence-electron chi connectivity index (χ3n) is 4.29. The van der Waals surface area contributed by atoms with Gasteiger partial charge in [0.1, 0.15) is 18.3 Å². The Bertz CT molecular complexity index is 796. The van der Waals surface area contributed by atoms with E-state index < -0.39 is 16.6 Å². The monoisotopic (exact) mass is 360 g/mol. The van der Waals surface area contributed by atoms with Gasteiger partial charge in [0.05, 0.1) is 16.7 Å². The van der Waals surface area contributed by atoms with Crippen LogP contribution in [0.3, 0.4) is 0 Å². The Morgan fingerprint density at radius 1 is 1.42 bits per heavy atom. The summed E-state index contributed by atoms with van der Waals surface area (Å²) in [7, 11) is 0. The number of carbonyl (C=O) groups excluding carboxylic acids is 1. The lowest BCUT2D eigenvalue weighted by atomic mass is 10.1. The van der Waals surface area contributed by atoms with Gasteiger partial charge >= 0.3 is 6.09 Å². The first kappa shape index (κ1) is 17.8. The topological polar surface area (TPSA) is 109 Å². The number of benzene rings is 1. The molecule has 0 saturated carbocycles. The second-order valence-corrected chi connectivity index (χ2v) is 7.26. The molecule has 9 heteroatoms. The normalized spacial score (nSPS) is 18.9. The van der Waals surface area contributed by atoms with Gasteiger partial charge in [0, 0.05) is 25.7 Å². The smallest absolute Gasteiger partial charge is 0.410 e. The summed E-state index contributed by atoms with van der Waals surface area (Å²) in [5.41, 5.74) is -0.340. The van der Waals surface area contributed by atoms with Crippen molar-refractivity contribution in [2.45, 2.75) is 32.4 Å². The maximum Gasteiger partial charge on any atom is 0.410 e. The first-order valence-corrected chi connectivity index (χ1v) is 8.30. The van der Waals surface area contributed by atoms with E-state index >= 15 is 0 Å². The van der Waals surface area contributed by atoms with Crippen LogP contribution >= 0.6 is 0 Å². The minimum Gasteiger partial charge on any atom is -0.488 e. The highest BCUT2D eigenvalue weighted by molar-refractivity contribution is 5.73. The Morgan fingerprint density at radius 2 is 2.15 bits per heavy atom. The molecule has 9 nitrogen and oxygen atoms in total. The minimum atomic E-state index is -0.600. The molecule has 1 atom stereocenters. The number of amides is 1. The summed E-state index contributed by atoms with van der Waals surface area (Å²) in [6.07, 6.45) is -0.414. The summed E-state index contributed by atoms with van der Waals surface area (Å²) in [6.45, 7) is 7.03. The van der Waals surface area contributed by atoms with E-state index in [1.807, 2.05) is 11.0 Å².